The fourth-order valence-electron chi connectivity index (χ4n) is 3.52. The number of nitrogens with zero attached hydrogens (tertiary/aromatic N) is 5. The largest absolute Gasteiger partial charge is 0.369 e. The van der Waals surface area contributed by atoms with Gasteiger partial charge >= 0.3 is 0 Å². The van der Waals surface area contributed by atoms with E-state index in [0.29, 0.717) is 42.7 Å². The second-order valence-electron chi connectivity index (χ2n) is 7.39. The highest BCUT2D eigenvalue weighted by atomic mass is 32.2. The summed E-state index contributed by atoms with van der Waals surface area (Å²) in [6.07, 6.45) is 1.13. The maximum absolute atomic E-state index is 13.2. The van der Waals surface area contributed by atoms with Gasteiger partial charge in [-0.2, -0.15) is 9.40 Å². The minimum atomic E-state index is -3.67. The van der Waals surface area contributed by atoms with Gasteiger partial charge in [-0.1, -0.05) is 12.1 Å². The number of rotatable bonds is 6. The van der Waals surface area contributed by atoms with Crippen LogP contribution in [-0.2, 0) is 21.3 Å². The number of sulfonamides is 1. The van der Waals surface area contributed by atoms with Crippen molar-refractivity contribution in [3.8, 4) is 0 Å². The average molecular weight is 443 g/mol. The molecule has 0 bridgehead atoms. The number of nitrogens with one attached hydrogen (secondary N) is 1. The van der Waals surface area contributed by atoms with E-state index in [1.165, 1.54) is 4.31 Å². The molecule has 0 radical (unpaired) electrons. The SMILES string of the molecule is CCn1cc(S(=O)(=O)N2CCOC(c3cccc(Nc4cccc(C)n4)n3)C2)c(C)n1. The zero-order chi connectivity index (χ0) is 22.0. The van der Waals surface area contributed by atoms with Gasteiger partial charge in [0.05, 0.1) is 18.0 Å². The molecule has 10 heteroatoms. The average Bonchev–Trinajstić information content (AvgIpc) is 3.16. The summed E-state index contributed by atoms with van der Waals surface area (Å²) in [5.74, 6) is 1.32. The molecule has 9 nitrogen and oxygen atoms in total. The van der Waals surface area contributed by atoms with Crippen molar-refractivity contribution in [2.75, 3.05) is 25.0 Å². The van der Waals surface area contributed by atoms with E-state index >= 15 is 0 Å². The molecule has 0 aliphatic carbocycles. The minimum Gasteiger partial charge on any atom is -0.369 e. The van der Waals surface area contributed by atoms with Crippen molar-refractivity contribution < 1.29 is 13.2 Å². The van der Waals surface area contributed by atoms with Gasteiger partial charge in [0.15, 0.2) is 0 Å². The molecule has 1 aliphatic heterocycles. The molecule has 31 heavy (non-hydrogen) atoms. The van der Waals surface area contributed by atoms with Gasteiger partial charge in [0.2, 0.25) is 10.0 Å². The Kier molecular flexibility index (Phi) is 6.03. The van der Waals surface area contributed by atoms with E-state index in [0.717, 1.165) is 5.69 Å². The number of aryl methyl sites for hydroxylation is 3. The Morgan fingerprint density at radius 1 is 1.13 bits per heavy atom. The molecule has 1 atom stereocenters. The van der Waals surface area contributed by atoms with Crippen LogP contribution in [0.1, 0.15) is 30.1 Å². The predicted molar refractivity (Wildman–Crippen MR) is 117 cm³/mol. The molecule has 0 aromatic carbocycles. The van der Waals surface area contributed by atoms with Gasteiger partial charge < -0.3 is 10.1 Å². The Bertz CT molecular complexity index is 1180. The fraction of sp³-hybridized carbons (Fsp3) is 0.381. The van der Waals surface area contributed by atoms with E-state index in [4.69, 9.17) is 4.74 Å². The molecule has 1 unspecified atom stereocenters. The summed E-state index contributed by atoms with van der Waals surface area (Å²) in [5, 5.41) is 7.47. The number of pyridine rings is 2. The molecule has 0 amide bonds. The summed E-state index contributed by atoms with van der Waals surface area (Å²) in [6, 6.07) is 11.3. The van der Waals surface area contributed by atoms with Crippen molar-refractivity contribution in [2.45, 2.75) is 38.3 Å². The van der Waals surface area contributed by atoms with Crippen molar-refractivity contribution in [3.05, 3.63) is 59.7 Å². The van der Waals surface area contributed by atoms with Crippen molar-refractivity contribution in [3.63, 3.8) is 0 Å². The third-order valence-electron chi connectivity index (χ3n) is 5.12. The fourth-order valence-corrected chi connectivity index (χ4v) is 5.11. The van der Waals surface area contributed by atoms with Gasteiger partial charge in [0, 0.05) is 31.5 Å². The Hall–Kier alpha value is -2.82. The van der Waals surface area contributed by atoms with E-state index < -0.39 is 16.1 Å². The van der Waals surface area contributed by atoms with Crippen LogP contribution in [0.3, 0.4) is 0 Å². The summed E-state index contributed by atoms with van der Waals surface area (Å²) >= 11 is 0. The first-order valence-corrected chi connectivity index (χ1v) is 11.6. The van der Waals surface area contributed by atoms with E-state index in [-0.39, 0.29) is 11.4 Å². The first-order chi connectivity index (χ1) is 14.9. The summed E-state index contributed by atoms with van der Waals surface area (Å²) < 4.78 is 35.4. The van der Waals surface area contributed by atoms with Crippen LogP contribution in [0.5, 0.6) is 0 Å². The predicted octanol–water partition coefficient (Wildman–Crippen LogP) is 2.82. The standard InChI is InChI=1S/C21H26N6O3S/c1-4-26-14-19(16(3)25-26)31(28,29)27-11-12-30-18(13-27)17-8-6-10-21(23-17)24-20-9-5-7-15(2)22-20/h5-10,14,18H,4,11-13H2,1-3H3,(H,22,23,24). The zero-order valence-corrected chi connectivity index (χ0v) is 18.6. The maximum atomic E-state index is 13.2. The molecular weight excluding hydrogens is 416 g/mol. The number of hydrogen-bond acceptors (Lipinski definition) is 7. The first-order valence-electron chi connectivity index (χ1n) is 10.2. The minimum absolute atomic E-state index is 0.193. The molecule has 4 heterocycles. The molecule has 4 rings (SSSR count). The highest BCUT2D eigenvalue weighted by Gasteiger charge is 2.34. The molecule has 164 valence electrons. The molecule has 3 aromatic rings. The second-order valence-corrected chi connectivity index (χ2v) is 9.30. The number of aromatic nitrogens is 4. The van der Waals surface area contributed by atoms with Gasteiger partial charge in [-0.15, -0.1) is 0 Å². The topological polar surface area (TPSA) is 102 Å². The Labute approximate surface area is 182 Å². The number of morpholine rings is 1. The molecule has 0 spiro atoms. The van der Waals surface area contributed by atoms with Gasteiger partial charge in [0.1, 0.15) is 22.6 Å². The summed E-state index contributed by atoms with van der Waals surface area (Å²) in [4.78, 5) is 9.30. The second kappa shape index (κ2) is 8.74. The molecular formula is C21H26N6O3S. The Morgan fingerprint density at radius 3 is 2.58 bits per heavy atom. The monoisotopic (exact) mass is 442 g/mol. The van der Waals surface area contributed by atoms with Crippen LogP contribution in [0.15, 0.2) is 47.5 Å². The van der Waals surface area contributed by atoms with Crippen LogP contribution in [0, 0.1) is 13.8 Å². The quantitative estimate of drug-likeness (QED) is 0.626. The van der Waals surface area contributed by atoms with Crippen LogP contribution >= 0.6 is 0 Å². The lowest BCUT2D eigenvalue weighted by Crippen LogP contribution is -2.42. The van der Waals surface area contributed by atoms with Crippen molar-refractivity contribution in [2.24, 2.45) is 0 Å². The molecule has 1 fully saturated rings. The van der Waals surface area contributed by atoms with E-state index in [1.54, 1.807) is 17.8 Å². The third-order valence-corrected chi connectivity index (χ3v) is 7.09. The molecule has 1 saturated heterocycles. The normalized spacial score (nSPS) is 17.6. The van der Waals surface area contributed by atoms with E-state index in [9.17, 15) is 8.42 Å². The smallest absolute Gasteiger partial charge is 0.246 e. The lowest BCUT2D eigenvalue weighted by Gasteiger charge is -2.31. The molecule has 1 aliphatic rings. The Balaban J connectivity index is 1.54. The highest BCUT2D eigenvalue weighted by Crippen LogP contribution is 2.27. The highest BCUT2D eigenvalue weighted by molar-refractivity contribution is 7.89. The van der Waals surface area contributed by atoms with Gasteiger partial charge in [-0.3, -0.25) is 4.68 Å². The van der Waals surface area contributed by atoms with Crippen molar-refractivity contribution >= 4 is 21.7 Å². The van der Waals surface area contributed by atoms with Crippen molar-refractivity contribution in [1.29, 1.82) is 0 Å². The molecule has 1 N–H and O–H groups in total. The van der Waals surface area contributed by atoms with Gasteiger partial charge in [0.25, 0.3) is 0 Å². The Morgan fingerprint density at radius 2 is 1.87 bits per heavy atom. The van der Waals surface area contributed by atoms with Crippen LogP contribution < -0.4 is 5.32 Å². The van der Waals surface area contributed by atoms with Gasteiger partial charge in [-0.25, -0.2) is 18.4 Å². The van der Waals surface area contributed by atoms with Crippen LogP contribution in [0.4, 0.5) is 11.6 Å². The lowest BCUT2D eigenvalue weighted by atomic mass is 10.2. The van der Waals surface area contributed by atoms with Crippen LogP contribution in [0.25, 0.3) is 0 Å². The molecule has 0 saturated carbocycles. The van der Waals surface area contributed by atoms with Crippen molar-refractivity contribution in [1.82, 2.24) is 24.1 Å². The number of ether oxygens (including phenoxy) is 1. The van der Waals surface area contributed by atoms with Crippen LogP contribution in [-0.4, -0.2) is 52.2 Å². The first kappa shape index (κ1) is 21.4. The van der Waals surface area contributed by atoms with E-state index in [1.807, 2.05) is 50.2 Å². The number of hydrogen-bond donors (Lipinski definition) is 1. The summed E-state index contributed by atoms with van der Waals surface area (Å²) in [5.41, 5.74) is 2.07. The maximum Gasteiger partial charge on any atom is 0.246 e. The summed E-state index contributed by atoms with van der Waals surface area (Å²) in [7, 11) is -3.67. The molecule has 3 aromatic heterocycles. The van der Waals surface area contributed by atoms with Crippen LogP contribution in [0.2, 0.25) is 0 Å². The lowest BCUT2D eigenvalue weighted by molar-refractivity contribution is -0.00487. The van der Waals surface area contributed by atoms with E-state index in [2.05, 4.69) is 20.4 Å². The number of anilines is 2. The summed E-state index contributed by atoms with van der Waals surface area (Å²) in [6.45, 7) is 6.95. The zero-order valence-electron chi connectivity index (χ0n) is 17.8. The van der Waals surface area contributed by atoms with Gasteiger partial charge in [-0.05, 0) is 45.0 Å². The third kappa shape index (κ3) is 4.60.